The summed E-state index contributed by atoms with van der Waals surface area (Å²) in [5.41, 5.74) is 0.402. The largest absolute Gasteiger partial charge is 0.452 e. The second kappa shape index (κ2) is 8.77. The standard InChI is InChI=1S/C20H28N4O4S/c1-11(2)24-14(8-9-21-24)22-15(25)10-28-18(26)16-12(3)13(4)29-17(16)23-19(27)20(5,6)7/h8-9,11H,10H2,1-7H3,(H,22,25)(H,23,27). The van der Waals surface area contributed by atoms with Crippen molar-refractivity contribution < 1.29 is 19.1 Å². The maximum Gasteiger partial charge on any atom is 0.341 e. The van der Waals surface area contributed by atoms with Gasteiger partial charge in [0, 0.05) is 22.4 Å². The minimum Gasteiger partial charge on any atom is -0.452 e. The Morgan fingerprint density at radius 2 is 1.86 bits per heavy atom. The highest BCUT2D eigenvalue weighted by molar-refractivity contribution is 7.16. The lowest BCUT2D eigenvalue weighted by atomic mass is 9.96. The Hall–Kier alpha value is -2.68. The Balaban J connectivity index is 2.08. The number of amides is 2. The predicted octanol–water partition coefficient (Wildman–Crippen LogP) is 3.92. The van der Waals surface area contributed by atoms with Gasteiger partial charge in [-0.2, -0.15) is 5.10 Å². The van der Waals surface area contributed by atoms with E-state index in [4.69, 9.17) is 4.74 Å². The predicted molar refractivity (Wildman–Crippen MR) is 113 cm³/mol. The number of carbonyl (C=O) groups is 3. The lowest BCUT2D eigenvalue weighted by molar-refractivity contribution is -0.123. The van der Waals surface area contributed by atoms with E-state index in [1.165, 1.54) is 11.3 Å². The van der Waals surface area contributed by atoms with Gasteiger partial charge in [-0.15, -0.1) is 11.3 Å². The van der Waals surface area contributed by atoms with Crippen LogP contribution in [-0.2, 0) is 14.3 Å². The molecule has 0 saturated heterocycles. The molecule has 29 heavy (non-hydrogen) atoms. The minimum absolute atomic E-state index is 0.0771. The lowest BCUT2D eigenvalue weighted by Gasteiger charge is -2.17. The molecule has 2 heterocycles. The maximum atomic E-state index is 12.6. The first-order valence-corrected chi connectivity index (χ1v) is 10.2. The van der Waals surface area contributed by atoms with Crippen LogP contribution in [0.15, 0.2) is 12.3 Å². The van der Waals surface area contributed by atoms with Crippen molar-refractivity contribution in [2.75, 3.05) is 17.2 Å². The van der Waals surface area contributed by atoms with Crippen LogP contribution >= 0.6 is 11.3 Å². The molecule has 0 atom stereocenters. The van der Waals surface area contributed by atoms with Gasteiger partial charge < -0.3 is 15.4 Å². The fraction of sp³-hybridized carbons (Fsp3) is 0.500. The van der Waals surface area contributed by atoms with Crippen LogP contribution in [0.5, 0.6) is 0 Å². The number of carbonyl (C=O) groups excluding carboxylic acids is 3. The second-order valence-electron chi connectivity index (χ2n) is 8.07. The van der Waals surface area contributed by atoms with E-state index in [1.54, 1.807) is 44.6 Å². The van der Waals surface area contributed by atoms with Crippen molar-refractivity contribution in [1.82, 2.24) is 9.78 Å². The summed E-state index contributed by atoms with van der Waals surface area (Å²) in [6.45, 7) is 12.5. The molecule has 0 aliphatic carbocycles. The van der Waals surface area contributed by atoms with E-state index in [0.29, 0.717) is 10.8 Å². The Morgan fingerprint density at radius 1 is 1.21 bits per heavy atom. The first-order chi connectivity index (χ1) is 13.4. The first kappa shape index (κ1) is 22.6. The van der Waals surface area contributed by atoms with Gasteiger partial charge in [0.15, 0.2) is 6.61 Å². The van der Waals surface area contributed by atoms with E-state index >= 15 is 0 Å². The summed E-state index contributed by atoms with van der Waals surface area (Å²) < 4.78 is 6.87. The van der Waals surface area contributed by atoms with Gasteiger partial charge in [-0.05, 0) is 33.3 Å². The molecule has 2 amide bonds. The van der Waals surface area contributed by atoms with Crippen LogP contribution in [0.25, 0.3) is 0 Å². The van der Waals surface area contributed by atoms with Crippen molar-refractivity contribution in [2.45, 2.75) is 54.5 Å². The SMILES string of the molecule is Cc1sc(NC(=O)C(C)(C)C)c(C(=O)OCC(=O)Nc2ccnn2C(C)C)c1C. The summed E-state index contributed by atoms with van der Waals surface area (Å²) >= 11 is 1.31. The summed E-state index contributed by atoms with van der Waals surface area (Å²) in [5, 5.41) is 10.1. The molecule has 0 unspecified atom stereocenters. The van der Waals surface area contributed by atoms with Crippen LogP contribution in [0.4, 0.5) is 10.8 Å². The number of esters is 1. The Labute approximate surface area is 174 Å². The van der Waals surface area contributed by atoms with Gasteiger partial charge in [0.1, 0.15) is 10.8 Å². The molecule has 158 valence electrons. The Kier molecular flexibility index (Phi) is 6.84. The van der Waals surface area contributed by atoms with Gasteiger partial charge in [-0.3, -0.25) is 9.59 Å². The highest BCUT2D eigenvalue weighted by Gasteiger charge is 2.27. The lowest BCUT2D eigenvalue weighted by Crippen LogP contribution is -2.28. The third kappa shape index (κ3) is 5.44. The zero-order chi connectivity index (χ0) is 21.9. The molecule has 0 aliphatic rings. The molecule has 0 aromatic carbocycles. The highest BCUT2D eigenvalue weighted by Crippen LogP contribution is 2.34. The zero-order valence-electron chi connectivity index (χ0n) is 17.9. The molecule has 8 nitrogen and oxygen atoms in total. The van der Waals surface area contributed by atoms with Crippen LogP contribution in [0, 0.1) is 19.3 Å². The average molecular weight is 421 g/mol. The first-order valence-electron chi connectivity index (χ1n) is 9.33. The van der Waals surface area contributed by atoms with E-state index in [2.05, 4.69) is 15.7 Å². The monoisotopic (exact) mass is 420 g/mol. The molecule has 0 fully saturated rings. The van der Waals surface area contributed by atoms with Gasteiger partial charge in [0.05, 0.1) is 11.8 Å². The topological polar surface area (TPSA) is 102 Å². The van der Waals surface area contributed by atoms with Gasteiger partial charge in [0.2, 0.25) is 5.91 Å². The van der Waals surface area contributed by atoms with E-state index in [1.807, 2.05) is 20.8 Å². The summed E-state index contributed by atoms with van der Waals surface area (Å²) in [7, 11) is 0. The number of hydrogen-bond acceptors (Lipinski definition) is 6. The van der Waals surface area contributed by atoms with E-state index < -0.39 is 23.9 Å². The van der Waals surface area contributed by atoms with E-state index in [-0.39, 0.29) is 17.5 Å². The maximum absolute atomic E-state index is 12.6. The molecule has 0 saturated carbocycles. The van der Waals surface area contributed by atoms with Gasteiger partial charge in [-0.25, -0.2) is 9.48 Å². The molecule has 2 rings (SSSR count). The molecule has 2 N–H and O–H groups in total. The van der Waals surface area contributed by atoms with Gasteiger partial charge in [-0.1, -0.05) is 20.8 Å². The summed E-state index contributed by atoms with van der Waals surface area (Å²) in [6, 6.07) is 1.75. The number of anilines is 2. The Morgan fingerprint density at radius 3 is 2.45 bits per heavy atom. The Bertz CT molecular complexity index is 922. The number of rotatable bonds is 6. The molecule has 0 radical (unpaired) electrons. The minimum atomic E-state index is -0.649. The van der Waals surface area contributed by atoms with Crippen LogP contribution in [0.2, 0.25) is 0 Å². The van der Waals surface area contributed by atoms with Gasteiger partial charge >= 0.3 is 5.97 Å². The van der Waals surface area contributed by atoms with E-state index in [0.717, 1.165) is 10.4 Å². The normalized spacial score (nSPS) is 11.4. The summed E-state index contributed by atoms with van der Waals surface area (Å²) in [4.78, 5) is 38.1. The van der Waals surface area contributed by atoms with Crippen molar-refractivity contribution in [3.63, 3.8) is 0 Å². The third-order valence-corrected chi connectivity index (χ3v) is 5.38. The van der Waals surface area contributed by atoms with Crippen LogP contribution in [0.1, 0.15) is 61.5 Å². The number of hydrogen-bond donors (Lipinski definition) is 2. The van der Waals surface area contributed by atoms with Crippen LogP contribution in [-0.4, -0.2) is 34.2 Å². The number of aromatic nitrogens is 2. The van der Waals surface area contributed by atoms with Crippen molar-refractivity contribution in [2.24, 2.45) is 5.41 Å². The molecule has 0 bridgehead atoms. The fourth-order valence-corrected chi connectivity index (χ4v) is 3.50. The smallest absolute Gasteiger partial charge is 0.341 e. The highest BCUT2D eigenvalue weighted by atomic mass is 32.1. The summed E-state index contributed by atoms with van der Waals surface area (Å²) in [6.07, 6.45) is 1.59. The van der Waals surface area contributed by atoms with E-state index in [9.17, 15) is 14.4 Å². The quantitative estimate of drug-likeness (QED) is 0.690. The van der Waals surface area contributed by atoms with Gasteiger partial charge in [0.25, 0.3) is 5.91 Å². The zero-order valence-corrected chi connectivity index (χ0v) is 18.7. The number of nitrogens with one attached hydrogen (secondary N) is 2. The number of nitrogens with zero attached hydrogens (tertiary/aromatic N) is 2. The number of aryl methyl sites for hydroxylation is 1. The summed E-state index contributed by atoms with van der Waals surface area (Å²) in [5.74, 6) is -0.788. The van der Waals surface area contributed by atoms with Crippen LogP contribution < -0.4 is 10.6 Å². The molecule has 0 aliphatic heterocycles. The molecule has 9 heteroatoms. The number of thiophene rings is 1. The third-order valence-electron chi connectivity index (χ3n) is 4.26. The molecule has 2 aromatic heterocycles. The molecule has 0 spiro atoms. The van der Waals surface area contributed by atoms with Crippen molar-refractivity contribution >= 4 is 39.9 Å². The van der Waals surface area contributed by atoms with Crippen molar-refractivity contribution in [1.29, 1.82) is 0 Å². The van der Waals surface area contributed by atoms with Crippen LogP contribution in [0.3, 0.4) is 0 Å². The average Bonchev–Trinajstić information content (AvgIpc) is 3.17. The number of ether oxygens (including phenoxy) is 1. The second-order valence-corrected chi connectivity index (χ2v) is 9.30. The molecule has 2 aromatic rings. The van der Waals surface area contributed by atoms with Crippen molar-refractivity contribution in [3.8, 4) is 0 Å². The molecular weight excluding hydrogens is 392 g/mol. The molecular formula is C20H28N4O4S. The van der Waals surface area contributed by atoms with Crippen molar-refractivity contribution in [3.05, 3.63) is 28.3 Å². The fourth-order valence-electron chi connectivity index (χ4n) is 2.46.